The van der Waals surface area contributed by atoms with Crippen LogP contribution in [0.25, 0.3) is 0 Å². The van der Waals surface area contributed by atoms with E-state index in [2.05, 4.69) is 11.9 Å². The maximum absolute atomic E-state index is 12.8. The minimum Gasteiger partial charge on any atom is -0.394 e. The van der Waals surface area contributed by atoms with E-state index in [4.69, 9.17) is 18.9 Å². The first-order valence-electron chi connectivity index (χ1n) is 7.72. The van der Waals surface area contributed by atoms with Gasteiger partial charge in [-0.2, -0.15) is 0 Å². The van der Waals surface area contributed by atoms with E-state index in [9.17, 15) is 14.5 Å². The summed E-state index contributed by atoms with van der Waals surface area (Å²) in [6, 6.07) is 0. The van der Waals surface area contributed by atoms with Crippen LogP contribution in [0.1, 0.15) is 20.3 Å². The smallest absolute Gasteiger partial charge is 0.389 e. The van der Waals surface area contributed by atoms with Gasteiger partial charge in [0.25, 0.3) is 0 Å². The number of rotatable bonds is 14. The first kappa shape index (κ1) is 24.3. The van der Waals surface area contributed by atoms with Crippen LogP contribution < -0.4 is 5.32 Å². The van der Waals surface area contributed by atoms with Gasteiger partial charge in [0, 0.05) is 25.5 Å². The summed E-state index contributed by atoms with van der Waals surface area (Å²) in [6.45, 7) is 2.64. The molecule has 1 amide bonds. The SMILES string of the molecule is C=C(NC(C)=O)/C(=C\C)CCSP(=O)(OCCO)OC(CO)COC. The Balaban J connectivity index is 4.78. The molecule has 0 fully saturated rings. The molecule has 146 valence electrons. The molecule has 3 N–H and O–H groups in total. The summed E-state index contributed by atoms with van der Waals surface area (Å²) in [5.41, 5.74) is 1.28. The largest absolute Gasteiger partial charge is 0.394 e. The Labute approximate surface area is 152 Å². The normalized spacial score (nSPS) is 15.5. The molecule has 0 heterocycles. The fourth-order valence-corrected chi connectivity index (χ4v) is 5.23. The van der Waals surface area contributed by atoms with Gasteiger partial charge >= 0.3 is 6.80 Å². The van der Waals surface area contributed by atoms with Crippen molar-refractivity contribution in [3.63, 3.8) is 0 Å². The number of aliphatic hydroxyl groups excluding tert-OH is 2. The molecular weight excluding hydrogens is 369 g/mol. The summed E-state index contributed by atoms with van der Waals surface area (Å²) in [4.78, 5) is 11.1. The fraction of sp³-hybridized carbons (Fsp3) is 0.667. The zero-order chi connectivity index (χ0) is 19.3. The number of aliphatic hydroxyl groups is 2. The number of amides is 1. The van der Waals surface area contributed by atoms with E-state index in [1.54, 1.807) is 6.08 Å². The molecule has 0 bridgehead atoms. The van der Waals surface area contributed by atoms with Gasteiger partial charge in [-0.25, -0.2) is 4.57 Å². The molecule has 10 heteroatoms. The number of carbonyl (C=O) groups is 1. The molecule has 0 spiro atoms. The number of ether oxygens (including phenoxy) is 1. The highest BCUT2D eigenvalue weighted by Crippen LogP contribution is 2.61. The van der Waals surface area contributed by atoms with E-state index < -0.39 is 12.9 Å². The molecule has 2 unspecified atom stereocenters. The maximum atomic E-state index is 12.8. The van der Waals surface area contributed by atoms with Crippen LogP contribution in [0.5, 0.6) is 0 Å². The zero-order valence-corrected chi connectivity index (χ0v) is 16.6. The lowest BCUT2D eigenvalue weighted by Gasteiger charge is -2.22. The van der Waals surface area contributed by atoms with Gasteiger partial charge in [-0.3, -0.25) is 13.8 Å². The van der Waals surface area contributed by atoms with E-state index >= 15 is 0 Å². The quantitative estimate of drug-likeness (QED) is 0.301. The van der Waals surface area contributed by atoms with Gasteiger partial charge in [0.15, 0.2) is 0 Å². The summed E-state index contributed by atoms with van der Waals surface area (Å²) in [6.07, 6.45) is 1.49. The minimum absolute atomic E-state index is 0.0585. The van der Waals surface area contributed by atoms with Crippen molar-refractivity contribution in [1.29, 1.82) is 0 Å². The summed E-state index contributed by atoms with van der Waals surface area (Å²) in [5, 5.41) is 20.7. The van der Waals surface area contributed by atoms with E-state index in [1.165, 1.54) is 14.0 Å². The maximum Gasteiger partial charge on any atom is 0.389 e. The van der Waals surface area contributed by atoms with E-state index in [-0.39, 0.29) is 32.3 Å². The zero-order valence-electron chi connectivity index (χ0n) is 14.9. The van der Waals surface area contributed by atoms with E-state index in [1.807, 2.05) is 6.92 Å². The highest BCUT2D eigenvalue weighted by atomic mass is 32.7. The van der Waals surface area contributed by atoms with Gasteiger partial charge in [0.05, 0.1) is 26.4 Å². The number of methoxy groups -OCH3 is 1. The van der Waals surface area contributed by atoms with Crippen molar-refractivity contribution in [1.82, 2.24) is 5.32 Å². The number of allylic oxidation sites excluding steroid dienone is 2. The first-order valence-corrected chi connectivity index (χ1v) is 10.8. The molecular formula is C15H28NO7PS. The van der Waals surface area contributed by atoms with Crippen LogP contribution in [0.2, 0.25) is 0 Å². The molecule has 0 rings (SSSR count). The van der Waals surface area contributed by atoms with Crippen molar-refractivity contribution in [2.24, 2.45) is 0 Å². The molecule has 0 saturated carbocycles. The lowest BCUT2D eigenvalue weighted by Crippen LogP contribution is -2.22. The van der Waals surface area contributed by atoms with Gasteiger partial charge in [-0.05, 0) is 30.3 Å². The number of hydrogen-bond donors (Lipinski definition) is 3. The van der Waals surface area contributed by atoms with E-state index in [0.717, 1.165) is 17.0 Å². The second kappa shape index (κ2) is 13.5. The molecule has 0 aromatic heterocycles. The molecule has 2 atom stereocenters. The van der Waals surface area contributed by atoms with Crippen molar-refractivity contribution in [2.75, 3.05) is 39.3 Å². The highest BCUT2D eigenvalue weighted by Gasteiger charge is 2.29. The predicted molar refractivity (Wildman–Crippen MR) is 98.3 cm³/mol. The fourth-order valence-electron chi connectivity index (χ4n) is 1.77. The average Bonchev–Trinajstić information content (AvgIpc) is 2.56. The lowest BCUT2D eigenvalue weighted by atomic mass is 10.1. The highest BCUT2D eigenvalue weighted by molar-refractivity contribution is 8.55. The van der Waals surface area contributed by atoms with Crippen LogP contribution >= 0.6 is 18.2 Å². The van der Waals surface area contributed by atoms with Crippen molar-refractivity contribution in [3.05, 3.63) is 23.9 Å². The summed E-state index contributed by atoms with van der Waals surface area (Å²) in [7, 11) is 1.44. The van der Waals surface area contributed by atoms with Crippen molar-refractivity contribution in [2.45, 2.75) is 26.4 Å². The van der Waals surface area contributed by atoms with Crippen LogP contribution in [0.15, 0.2) is 23.9 Å². The summed E-state index contributed by atoms with van der Waals surface area (Å²) < 4.78 is 28.2. The van der Waals surface area contributed by atoms with Gasteiger partial charge in [-0.1, -0.05) is 12.7 Å². The monoisotopic (exact) mass is 397 g/mol. The third-order valence-corrected chi connectivity index (χ3v) is 6.69. The number of nitrogens with one attached hydrogen (secondary N) is 1. The Hall–Kier alpha value is -0.670. The van der Waals surface area contributed by atoms with Crippen molar-refractivity contribution >= 4 is 24.1 Å². The second-order valence-corrected chi connectivity index (χ2v) is 9.07. The Kier molecular flexibility index (Phi) is 13.2. The van der Waals surface area contributed by atoms with Crippen molar-refractivity contribution in [3.8, 4) is 0 Å². The summed E-state index contributed by atoms with van der Waals surface area (Å²) >= 11 is 0.952. The van der Waals surface area contributed by atoms with Crippen LogP contribution in [-0.4, -0.2) is 61.5 Å². The standard InChI is InChI=1S/C15H28NO7PS/c1-5-14(12(2)16-13(3)19)6-9-25-24(20,22-8-7-17)23-15(10-18)11-21-4/h5,15,17-18H,2,6-11H2,1,3-4H3,(H,16,19)/b14-5-. The Morgan fingerprint density at radius 3 is 2.60 bits per heavy atom. The van der Waals surface area contributed by atoms with Gasteiger partial charge in [0.1, 0.15) is 6.10 Å². The molecule has 0 aliphatic carbocycles. The topological polar surface area (TPSA) is 114 Å². The molecule has 0 aliphatic rings. The van der Waals surface area contributed by atoms with Crippen LogP contribution in [0, 0.1) is 0 Å². The van der Waals surface area contributed by atoms with Crippen LogP contribution in [0.4, 0.5) is 0 Å². The average molecular weight is 397 g/mol. The third kappa shape index (κ3) is 10.8. The molecule has 25 heavy (non-hydrogen) atoms. The van der Waals surface area contributed by atoms with E-state index in [0.29, 0.717) is 17.9 Å². The molecule has 0 aliphatic heterocycles. The molecule has 8 nitrogen and oxygen atoms in total. The van der Waals surface area contributed by atoms with Crippen LogP contribution in [-0.2, 0) is 23.1 Å². The third-order valence-electron chi connectivity index (χ3n) is 2.86. The van der Waals surface area contributed by atoms with Gasteiger partial charge < -0.3 is 20.3 Å². The second-order valence-electron chi connectivity index (χ2n) is 4.93. The first-order chi connectivity index (χ1) is 11.8. The molecule has 0 aromatic carbocycles. The summed E-state index contributed by atoms with van der Waals surface area (Å²) in [5.74, 6) is 0.147. The Morgan fingerprint density at radius 2 is 2.12 bits per heavy atom. The molecule has 0 aromatic rings. The minimum atomic E-state index is -3.59. The Bertz CT molecular complexity index is 498. The lowest BCUT2D eigenvalue weighted by molar-refractivity contribution is -0.118. The Morgan fingerprint density at radius 1 is 1.44 bits per heavy atom. The molecule has 0 radical (unpaired) electrons. The van der Waals surface area contributed by atoms with Gasteiger partial charge in [-0.15, -0.1) is 0 Å². The van der Waals surface area contributed by atoms with Gasteiger partial charge in [0.2, 0.25) is 5.91 Å². The number of carbonyl (C=O) groups excluding carboxylic acids is 1. The predicted octanol–water partition coefficient (Wildman–Crippen LogP) is 1.85. The van der Waals surface area contributed by atoms with Crippen LogP contribution in [0.3, 0.4) is 0 Å². The number of hydrogen-bond acceptors (Lipinski definition) is 8. The van der Waals surface area contributed by atoms with Crippen molar-refractivity contribution < 1.29 is 33.4 Å². The molecule has 0 saturated heterocycles.